The van der Waals surface area contributed by atoms with Gasteiger partial charge in [-0.15, -0.1) is 0 Å². The molecule has 0 bridgehead atoms. The van der Waals surface area contributed by atoms with Crippen LogP contribution in [-0.4, -0.2) is 30.0 Å². The normalized spacial score (nSPS) is 16.7. The molecule has 1 fully saturated rings. The molecule has 3 aromatic rings. The van der Waals surface area contributed by atoms with Crippen molar-refractivity contribution in [2.75, 3.05) is 13.1 Å². The quantitative estimate of drug-likeness (QED) is 0.658. The Morgan fingerprint density at radius 3 is 2.90 bits per heavy atom. The summed E-state index contributed by atoms with van der Waals surface area (Å²) < 4.78 is 49.9. The van der Waals surface area contributed by atoms with Gasteiger partial charge >= 0.3 is 6.18 Å². The SMILES string of the molecule is Cc1oc2ccc(OCc3cncc(C(F)(F)F)c3)cc2c1C(=O)NC1CCNC1. The van der Waals surface area contributed by atoms with E-state index in [-0.39, 0.29) is 18.6 Å². The molecule has 1 aliphatic heterocycles. The Balaban J connectivity index is 1.53. The fraction of sp³-hybridized carbons (Fsp3) is 0.333. The van der Waals surface area contributed by atoms with Crippen LogP contribution in [-0.2, 0) is 12.8 Å². The van der Waals surface area contributed by atoms with E-state index >= 15 is 0 Å². The fourth-order valence-electron chi connectivity index (χ4n) is 3.49. The van der Waals surface area contributed by atoms with E-state index in [2.05, 4.69) is 15.6 Å². The second-order valence-electron chi connectivity index (χ2n) is 7.22. The zero-order valence-electron chi connectivity index (χ0n) is 16.2. The molecule has 0 radical (unpaired) electrons. The largest absolute Gasteiger partial charge is 0.489 e. The van der Waals surface area contributed by atoms with Crippen LogP contribution in [0.4, 0.5) is 13.2 Å². The maximum atomic E-state index is 12.8. The van der Waals surface area contributed by atoms with Crippen LogP contribution in [0.15, 0.2) is 41.1 Å². The Hall–Kier alpha value is -3.07. The number of carbonyl (C=O) groups is 1. The number of furan rings is 1. The van der Waals surface area contributed by atoms with Crippen molar-refractivity contribution in [3.8, 4) is 5.75 Å². The van der Waals surface area contributed by atoms with E-state index in [1.807, 2.05) is 0 Å². The summed E-state index contributed by atoms with van der Waals surface area (Å²) in [5, 5.41) is 6.78. The Morgan fingerprint density at radius 1 is 1.33 bits per heavy atom. The molecule has 1 aromatic carbocycles. The molecule has 0 spiro atoms. The van der Waals surface area contributed by atoms with E-state index in [4.69, 9.17) is 9.15 Å². The molecule has 1 atom stereocenters. The number of amides is 1. The van der Waals surface area contributed by atoms with Crippen molar-refractivity contribution in [3.63, 3.8) is 0 Å². The molecule has 158 valence electrons. The number of carbonyl (C=O) groups excluding carboxylic acids is 1. The Labute approximate surface area is 170 Å². The van der Waals surface area contributed by atoms with E-state index < -0.39 is 11.7 Å². The van der Waals surface area contributed by atoms with Crippen molar-refractivity contribution in [3.05, 3.63) is 59.1 Å². The Kier molecular flexibility index (Phi) is 5.38. The van der Waals surface area contributed by atoms with E-state index in [1.54, 1.807) is 25.1 Å². The summed E-state index contributed by atoms with van der Waals surface area (Å²) in [5.41, 5.74) is 0.434. The van der Waals surface area contributed by atoms with E-state index in [9.17, 15) is 18.0 Å². The molecule has 0 aliphatic carbocycles. The van der Waals surface area contributed by atoms with Crippen LogP contribution < -0.4 is 15.4 Å². The summed E-state index contributed by atoms with van der Waals surface area (Å²) in [5.74, 6) is 0.684. The van der Waals surface area contributed by atoms with Crippen molar-refractivity contribution in [2.24, 2.45) is 0 Å². The van der Waals surface area contributed by atoms with Gasteiger partial charge in [-0.1, -0.05) is 0 Å². The van der Waals surface area contributed by atoms with Gasteiger partial charge in [-0.05, 0) is 44.2 Å². The monoisotopic (exact) mass is 419 g/mol. The van der Waals surface area contributed by atoms with Gasteiger partial charge in [-0.2, -0.15) is 13.2 Å². The van der Waals surface area contributed by atoms with E-state index in [1.165, 1.54) is 6.20 Å². The van der Waals surface area contributed by atoms with Crippen LogP contribution in [0.2, 0.25) is 0 Å². The number of rotatable bonds is 5. The second-order valence-corrected chi connectivity index (χ2v) is 7.22. The first-order chi connectivity index (χ1) is 14.3. The molecule has 0 saturated carbocycles. The number of hydrogen-bond donors (Lipinski definition) is 2. The number of fused-ring (bicyclic) bond motifs is 1. The summed E-state index contributed by atoms with van der Waals surface area (Å²) in [7, 11) is 0. The first-order valence-corrected chi connectivity index (χ1v) is 9.50. The van der Waals surface area contributed by atoms with Crippen LogP contribution in [0.5, 0.6) is 5.75 Å². The van der Waals surface area contributed by atoms with Gasteiger partial charge in [0, 0.05) is 35.9 Å². The summed E-state index contributed by atoms with van der Waals surface area (Å²) in [6, 6.07) is 6.05. The number of nitrogens with one attached hydrogen (secondary N) is 2. The van der Waals surface area contributed by atoms with Crippen molar-refractivity contribution in [1.82, 2.24) is 15.6 Å². The summed E-state index contributed by atoms with van der Waals surface area (Å²) in [6.45, 7) is 3.21. The lowest BCUT2D eigenvalue weighted by Crippen LogP contribution is -2.36. The number of pyridine rings is 1. The minimum Gasteiger partial charge on any atom is -0.489 e. The number of alkyl halides is 3. The highest BCUT2D eigenvalue weighted by atomic mass is 19.4. The average molecular weight is 419 g/mol. The van der Waals surface area contributed by atoms with Gasteiger partial charge in [0.2, 0.25) is 0 Å². The maximum Gasteiger partial charge on any atom is 0.417 e. The molecule has 1 amide bonds. The summed E-state index contributed by atoms with van der Waals surface area (Å²) in [6.07, 6.45) is -1.51. The lowest BCUT2D eigenvalue weighted by atomic mass is 10.1. The molecule has 1 saturated heterocycles. The highest BCUT2D eigenvalue weighted by Gasteiger charge is 2.31. The van der Waals surface area contributed by atoms with Crippen molar-refractivity contribution >= 4 is 16.9 Å². The third-order valence-corrected chi connectivity index (χ3v) is 4.99. The van der Waals surface area contributed by atoms with Gasteiger partial charge in [-0.3, -0.25) is 9.78 Å². The van der Waals surface area contributed by atoms with E-state index in [0.29, 0.717) is 33.6 Å². The minimum atomic E-state index is -4.46. The number of hydrogen-bond acceptors (Lipinski definition) is 5. The highest BCUT2D eigenvalue weighted by molar-refractivity contribution is 6.07. The fourth-order valence-corrected chi connectivity index (χ4v) is 3.49. The molecule has 30 heavy (non-hydrogen) atoms. The van der Waals surface area contributed by atoms with Gasteiger partial charge < -0.3 is 19.8 Å². The molecule has 6 nitrogen and oxygen atoms in total. The van der Waals surface area contributed by atoms with Gasteiger partial charge in [0.05, 0.1) is 11.1 Å². The lowest BCUT2D eigenvalue weighted by Gasteiger charge is -2.11. The molecule has 3 heterocycles. The van der Waals surface area contributed by atoms with Crippen LogP contribution >= 0.6 is 0 Å². The first-order valence-electron chi connectivity index (χ1n) is 9.50. The predicted molar refractivity (Wildman–Crippen MR) is 103 cm³/mol. The molecule has 1 unspecified atom stereocenters. The standard InChI is InChI=1S/C21H20F3N3O3/c1-12-19(20(28)27-15-4-5-25-10-15)17-7-16(2-3-18(17)30-12)29-11-13-6-14(9-26-8-13)21(22,23)24/h2-3,6-9,15,25H,4-5,10-11H2,1H3,(H,27,28). The number of aryl methyl sites for hydroxylation is 1. The maximum absolute atomic E-state index is 12.8. The molecule has 9 heteroatoms. The number of benzene rings is 1. The molecule has 4 rings (SSSR count). The summed E-state index contributed by atoms with van der Waals surface area (Å²) >= 11 is 0. The van der Waals surface area contributed by atoms with Crippen molar-refractivity contribution in [1.29, 1.82) is 0 Å². The summed E-state index contributed by atoms with van der Waals surface area (Å²) in [4.78, 5) is 16.4. The Morgan fingerprint density at radius 2 is 2.17 bits per heavy atom. The molecular weight excluding hydrogens is 399 g/mol. The van der Waals surface area contributed by atoms with Crippen molar-refractivity contribution in [2.45, 2.75) is 32.2 Å². The third-order valence-electron chi connectivity index (χ3n) is 4.99. The minimum absolute atomic E-state index is 0.0645. The van der Waals surface area contributed by atoms with Crippen LogP contribution in [0.1, 0.15) is 33.7 Å². The number of halogens is 3. The first kappa shape index (κ1) is 20.2. The molecular formula is C21H20F3N3O3. The topological polar surface area (TPSA) is 76.4 Å². The number of nitrogens with zero attached hydrogens (tertiary/aromatic N) is 1. The number of aromatic nitrogens is 1. The van der Waals surface area contributed by atoms with Crippen molar-refractivity contribution < 1.29 is 27.1 Å². The van der Waals surface area contributed by atoms with Gasteiger partial charge in [-0.25, -0.2) is 0 Å². The molecule has 2 N–H and O–H groups in total. The van der Waals surface area contributed by atoms with Gasteiger partial charge in [0.1, 0.15) is 23.7 Å². The van der Waals surface area contributed by atoms with Gasteiger partial charge in [0.25, 0.3) is 5.91 Å². The van der Waals surface area contributed by atoms with Crippen LogP contribution in [0.25, 0.3) is 11.0 Å². The smallest absolute Gasteiger partial charge is 0.417 e. The molecule has 2 aromatic heterocycles. The predicted octanol–water partition coefficient (Wildman–Crippen LogP) is 3.83. The van der Waals surface area contributed by atoms with E-state index in [0.717, 1.165) is 31.8 Å². The average Bonchev–Trinajstić information content (AvgIpc) is 3.32. The van der Waals surface area contributed by atoms with Crippen LogP contribution in [0.3, 0.4) is 0 Å². The highest BCUT2D eigenvalue weighted by Crippen LogP contribution is 2.31. The third kappa shape index (κ3) is 4.25. The number of ether oxygens (including phenoxy) is 1. The zero-order valence-corrected chi connectivity index (χ0v) is 16.2. The van der Waals surface area contributed by atoms with Crippen LogP contribution in [0, 0.1) is 6.92 Å². The second kappa shape index (κ2) is 7.98. The molecule has 1 aliphatic rings. The lowest BCUT2D eigenvalue weighted by molar-refractivity contribution is -0.137. The van der Waals surface area contributed by atoms with Gasteiger partial charge in [0.15, 0.2) is 0 Å². The Bertz CT molecular complexity index is 1070. The zero-order chi connectivity index (χ0) is 21.3.